The number of piperidine rings is 1. The SMILES string of the molecule is OCC(OCC1CCNCC1)c1cc(C(F)(F)F)c(-c2ccccc2)c(C(F)(F)F)c1. The van der Waals surface area contributed by atoms with Crippen LogP contribution in [0.15, 0.2) is 42.5 Å². The number of aliphatic hydroxyl groups is 1. The van der Waals surface area contributed by atoms with Crippen molar-refractivity contribution in [2.45, 2.75) is 31.3 Å². The average molecular weight is 447 g/mol. The van der Waals surface area contributed by atoms with Gasteiger partial charge >= 0.3 is 12.4 Å². The lowest BCUT2D eigenvalue weighted by Crippen LogP contribution is -2.30. The largest absolute Gasteiger partial charge is 0.417 e. The molecule has 170 valence electrons. The van der Waals surface area contributed by atoms with Gasteiger partial charge in [-0.2, -0.15) is 26.3 Å². The molecule has 1 aliphatic heterocycles. The Bertz CT molecular complexity index is 826. The number of ether oxygens (including phenoxy) is 1. The number of benzene rings is 2. The molecule has 0 spiro atoms. The van der Waals surface area contributed by atoms with E-state index >= 15 is 0 Å². The van der Waals surface area contributed by atoms with Gasteiger partial charge in [-0.3, -0.25) is 0 Å². The molecule has 1 heterocycles. The minimum Gasteiger partial charge on any atom is -0.393 e. The maximum Gasteiger partial charge on any atom is 0.417 e. The van der Waals surface area contributed by atoms with Crippen LogP contribution >= 0.6 is 0 Å². The first-order chi connectivity index (χ1) is 14.6. The lowest BCUT2D eigenvalue weighted by Gasteiger charge is -2.26. The molecule has 0 saturated carbocycles. The highest BCUT2D eigenvalue weighted by atomic mass is 19.4. The van der Waals surface area contributed by atoms with E-state index in [1.165, 1.54) is 30.3 Å². The number of alkyl halides is 6. The smallest absolute Gasteiger partial charge is 0.393 e. The number of hydrogen-bond acceptors (Lipinski definition) is 3. The minimum absolute atomic E-state index is 0.128. The topological polar surface area (TPSA) is 41.5 Å². The van der Waals surface area contributed by atoms with E-state index in [1.54, 1.807) is 0 Å². The average Bonchev–Trinajstić information content (AvgIpc) is 2.73. The Morgan fingerprint density at radius 3 is 1.97 bits per heavy atom. The molecule has 0 bridgehead atoms. The summed E-state index contributed by atoms with van der Waals surface area (Å²) in [5.41, 5.74) is -4.29. The van der Waals surface area contributed by atoms with Crippen LogP contribution in [0.5, 0.6) is 0 Å². The predicted octanol–water partition coefficient (Wildman–Crippen LogP) is 5.44. The Morgan fingerprint density at radius 1 is 0.935 bits per heavy atom. The van der Waals surface area contributed by atoms with Crippen molar-refractivity contribution in [2.75, 3.05) is 26.3 Å². The second kappa shape index (κ2) is 9.58. The highest BCUT2D eigenvalue weighted by Crippen LogP contribution is 2.46. The van der Waals surface area contributed by atoms with Crippen LogP contribution in [0.1, 0.15) is 35.6 Å². The lowest BCUT2D eigenvalue weighted by molar-refractivity contribution is -0.142. The summed E-state index contributed by atoms with van der Waals surface area (Å²) < 4.78 is 88.7. The monoisotopic (exact) mass is 447 g/mol. The fraction of sp³-hybridized carbons (Fsp3) is 0.455. The van der Waals surface area contributed by atoms with E-state index in [0.717, 1.165) is 25.9 Å². The van der Waals surface area contributed by atoms with Crippen LogP contribution in [-0.2, 0) is 17.1 Å². The summed E-state index contributed by atoms with van der Waals surface area (Å²) >= 11 is 0. The highest BCUT2D eigenvalue weighted by Gasteiger charge is 2.42. The quantitative estimate of drug-likeness (QED) is 0.580. The van der Waals surface area contributed by atoms with Gasteiger partial charge in [-0.15, -0.1) is 0 Å². The van der Waals surface area contributed by atoms with E-state index in [-0.39, 0.29) is 23.7 Å². The zero-order valence-electron chi connectivity index (χ0n) is 16.6. The molecular formula is C22H23F6NO2. The van der Waals surface area contributed by atoms with Crippen molar-refractivity contribution in [1.82, 2.24) is 5.32 Å². The molecule has 1 atom stereocenters. The molecule has 1 unspecified atom stereocenters. The van der Waals surface area contributed by atoms with E-state index in [0.29, 0.717) is 12.1 Å². The standard InChI is InChI=1S/C22H23F6NO2/c23-21(24,25)17-10-16(19(12-30)31-13-14-6-8-29-9-7-14)11-18(22(26,27)28)20(17)15-4-2-1-3-5-15/h1-5,10-11,14,19,29-30H,6-9,12-13H2. The third kappa shape index (κ3) is 5.78. The van der Waals surface area contributed by atoms with Crippen LogP contribution in [0.25, 0.3) is 11.1 Å². The first-order valence-electron chi connectivity index (χ1n) is 9.92. The third-order valence-electron chi connectivity index (χ3n) is 5.36. The zero-order chi connectivity index (χ0) is 22.6. The molecule has 2 aromatic carbocycles. The second-order valence-corrected chi connectivity index (χ2v) is 7.55. The molecule has 1 aliphatic rings. The summed E-state index contributed by atoms with van der Waals surface area (Å²) in [5.74, 6) is 0.128. The fourth-order valence-electron chi connectivity index (χ4n) is 3.77. The summed E-state index contributed by atoms with van der Waals surface area (Å²) in [5, 5.41) is 12.8. The molecule has 0 aliphatic carbocycles. The Kier molecular flexibility index (Phi) is 7.28. The van der Waals surface area contributed by atoms with Crippen LogP contribution in [0, 0.1) is 5.92 Å². The van der Waals surface area contributed by atoms with E-state index in [4.69, 9.17) is 4.74 Å². The third-order valence-corrected chi connectivity index (χ3v) is 5.36. The maximum absolute atomic E-state index is 13.8. The molecule has 0 aromatic heterocycles. The molecule has 1 fully saturated rings. The van der Waals surface area contributed by atoms with E-state index < -0.39 is 41.8 Å². The van der Waals surface area contributed by atoms with Gasteiger partial charge in [-0.25, -0.2) is 0 Å². The Labute approximate surface area is 176 Å². The van der Waals surface area contributed by atoms with Gasteiger partial charge in [0.1, 0.15) is 6.10 Å². The molecule has 2 aromatic rings. The molecule has 31 heavy (non-hydrogen) atoms. The van der Waals surface area contributed by atoms with Crippen LogP contribution in [0.4, 0.5) is 26.3 Å². The van der Waals surface area contributed by atoms with Gasteiger partial charge in [0.2, 0.25) is 0 Å². The van der Waals surface area contributed by atoms with E-state index in [9.17, 15) is 31.4 Å². The fourth-order valence-corrected chi connectivity index (χ4v) is 3.77. The van der Waals surface area contributed by atoms with Gasteiger partial charge in [-0.1, -0.05) is 30.3 Å². The van der Waals surface area contributed by atoms with Crippen molar-refractivity contribution in [3.05, 3.63) is 59.2 Å². The number of halogens is 6. The van der Waals surface area contributed by atoms with Gasteiger partial charge in [0, 0.05) is 5.56 Å². The van der Waals surface area contributed by atoms with Gasteiger partial charge < -0.3 is 15.2 Å². The summed E-state index contributed by atoms with van der Waals surface area (Å²) in [6.07, 6.45) is -9.78. The molecule has 1 saturated heterocycles. The van der Waals surface area contributed by atoms with Crippen molar-refractivity contribution in [2.24, 2.45) is 5.92 Å². The lowest BCUT2D eigenvalue weighted by atomic mass is 9.90. The molecule has 2 N–H and O–H groups in total. The summed E-state index contributed by atoms with van der Waals surface area (Å²) in [7, 11) is 0. The van der Waals surface area contributed by atoms with Gasteiger partial charge in [0.05, 0.1) is 24.3 Å². The molecular weight excluding hydrogens is 424 g/mol. The van der Waals surface area contributed by atoms with Crippen LogP contribution in [-0.4, -0.2) is 31.4 Å². The normalized spacial score (nSPS) is 17.0. The van der Waals surface area contributed by atoms with Crippen molar-refractivity contribution in [3.8, 4) is 11.1 Å². The Balaban J connectivity index is 2.06. The van der Waals surface area contributed by atoms with Crippen molar-refractivity contribution in [1.29, 1.82) is 0 Å². The summed E-state index contributed by atoms with van der Waals surface area (Å²) in [6.45, 7) is 0.945. The number of hydrogen-bond donors (Lipinski definition) is 2. The van der Waals surface area contributed by atoms with E-state index in [1.807, 2.05) is 0 Å². The summed E-state index contributed by atoms with van der Waals surface area (Å²) in [6, 6.07) is 7.98. The highest BCUT2D eigenvalue weighted by molar-refractivity contribution is 5.73. The number of nitrogens with one attached hydrogen (secondary N) is 1. The Morgan fingerprint density at radius 2 is 1.48 bits per heavy atom. The van der Waals surface area contributed by atoms with Crippen LogP contribution in [0.3, 0.4) is 0 Å². The molecule has 0 amide bonds. The van der Waals surface area contributed by atoms with Crippen LogP contribution in [0.2, 0.25) is 0 Å². The van der Waals surface area contributed by atoms with Gasteiger partial charge in [0.25, 0.3) is 0 Å². The first-order valence-corrected chi connectivity index (χ1v) is 9.92. The second-order valence-electron chi connectivity index (χ2n) is 7.55. The van der Waals surface area contributed by atoms with E-state index in [2.05, 4.69) is 5.32 Å². The van der Waals surface area contributed by atoms with Crippen molar-refractivity contribution < 1.29 is 36.2 Å². The zero-order valence-corrected chi connectivity index (χ0v) is 16.6. The molecule has 3 nitrogen and oxygen atoms in total. The summed E-state index contributed by atoms with van der Waals surface area (Å²) in [4.78, 5) is 0. The van der Waals surface area contributed by atoms with Crippen molar-refractivity contribution >= 4 is 0 Å². The number of aliphatic hydroxyl groups excluding tert-OH is 1. The molecule has 9 heteroatoms. The maximum atomic E-state index is 13.8. The first kappa shape index (κ1) is 23.6. The minimum atomic E-state index is -5.03. The molecule has 3 rings (SSSR count). The number of rotatable bonds is 6. The molecule has 0 radical (unpaired) electrons. The predicted molar refractivity (Wildman–Crippen MR) is 103 cm³/mol. The Hall–Kier alpha value is -2.10. The van der Waals surface area contributed by atoms with Crippen LogP contribution < -0.4 is 5.32 Å². The van der Waals surface area contributed by atoms with Crippen molar-refractivity contribution in [3.63, 3.8) is 0 Å². The van der Waals surface area contributed by atoms with Gasteiger partial charge in [0.15, 0.2) is 0 Å². The van der Waals surface area contributed by atoms with Gasteiger partial charge in [-0.05, 0) is 55.1 Å².